The molecule has 8 nitrogen and oxygen atoms in total. The summed E-state index contributed by atoms with van der Waals surface area (Å²) in [7, 11) is 0. The zero-order valence-corrected chi connectivity index (χ0v) is 33.0. The van der Waals surface area contributed by atoms with Crippen LogP contribution in [0, 0.1) is 23.7 Å². The normalized spacial score (nSPS) is 28.6. The van der Waals surface area contributed by atoms with Crippen molar-refractivity contribution in [3.05, 3.63) is 94.6 Å². The summed E-state index contributed by atoms with van der Waals surface area (Å²) in [4.78, 5) is 59.6. The third-order valence-electron chi connectivity index (χ3n) is 10.9. The van der Waals surface area contributed by atoms with E-state index < -0.39 is 22.2 Å². The first-order chi connectivity index (χ1) is 24.4. The molecule has 0 unspecified atom stereocenters. The number of nitrogens with one attached hydrogen (secondary N) is 4. The SMILES string of the molecule is CC(C)=CC[C@]1(CC(C)C)NC=C([C@]2(CC(C)C)NC=C([C@]3(CC(C)C)NC=C([C@]4(CC(C)C)NC=C(Cc5ccccc5)C4=O)C3=O)C2=O)C1=O. The van der Waals surface area contributed by atoms with Crippen LogP contribution in [0.5, 0.6) is 0 Å². The summed E-state index contributed by atoms with van der Waals surface area (Å²) in [5.74, 6) is -0.329. The molecule has 0 fully saturated rings. The summed E-state index contributed by atoms with van der Waals surface area (Å²) in [5.41, 5.74) is -1.05. The molecule has 1 aromatic rings. The van der Waals surface area contributed by atoms with Gasteiger partial charge in [-0.3, -0.25) is 19.2 Å². The number of hydrogen-bond donors (Lipinski definition) is 4. The first-order valence-electron chi connectivity index (χ1n) is 19.2. The van der Waals surface area contributed by atoms with E-state index in [2.05, 4.69) is 41.2 Å². The average molecular weight is 709 g/mol. The van der Waals surface area contributed by atoms with E-state index in [9.17, 15) is 9.59 Å². The molecule has 4 heterocycles. The van der Waals surface area contributed by atoms with Crippen molar-refractivity contribution in [1.82, 2.24) is 21.3 Å². The molecule has 0 aliphatic carbocycles. The van der Waals surface area contributed by atoms with Crippen molar-refractivity contribution in [3.8, 4) is 0 Å². The Hall–Kier alpha value is -4.20. The minimum Gasteiger partial charge on any atom is -0.378 e. The molecule has 8 heteroatoms. The standard InChI is InChI=1S/C44H60N4O4/c1-27(2)16-17-41(19-28(3)4)38(50)34(24-45-41)43(21-30(7)8)40(52)36(26-47-43)44(22-31(9)10)39(51)35(25-48-44)42(20-29(5)6)37(49)33(23-46-42)18-32-14-12-11-13-15-32/h11-16,23-26,28-31,45-48H,17-22H2,1-10H3/t41-,42+,43+,44+/m1/s1. The van der Waals surface area contributed by atoms with Crippen molar-refractivity contribution in [2.24, 2.45) is 23.7 Å². The summed E-state index contributed by atoms with van der Waals surface area (Å²) in [6, 6.07) is 9.85. The summed E-state index contributed by atoms with van der Waals surface area (Å²) < 4.78 is 0. The summed E-state index contributed by atoms with van der Waals surface area (Å²) in [6.45, 7) is 20.5. The van der Waals surface area contributed by atoms with Crippen LogP contribution in [0.1, 0.15) is 107 Å². The van der Waals surface area contributed by atoms with Gasteiger partial charge in [0.15, 0.2) is 23.1 Å². The van der Waals surface area contributed by atoms with Crippen molar-refractivity contribution in [3.63, 3.8) is 0 Å². The monoisotopic (exact) mass is 708 g/mol. The second kappa shape index (κ2) is 14.7. The van der Waals surface area contributed by atoms with E-state index >= 15 is 9.59 Å². The van der Waals surface area contributed by atoms with Gasteiger partial charge in [-0.1, -0.05) is 97.4 Å². The van der Waals surface area contributed by atoms with E-state index in [4.69, 9.17) is 0 Å². The van der Waals surface area contributed by atoms with Gasteiger partial charge in [-0.05, 0) is 75.2 Å². The van der Waals surface area contributed by atoms with Crippen LogP contribution < -0.4 is 21.3 Å². The van der Waals surface area contributed by atoms with Crippen LogP contribution in [0.2, 0.25) is 0 Å². The van der Waals surface area contributed by atoms with Crippen LogP contribution in [0.15, 0.2) is 89.1 Å². The minimum atomic E-state index is -1.41. The maximum atomic E-state index is 15.2. The second-order valence-corrected chi connectivity index (χ2v) is 17.6. The molecule has 280 valence electrons. The first-order valence-corrected chi connectivity index (χ1v) is 19.2. The van der Waals surface area contributed by atoms with Crippen LogP contribution in [-0.2, 0) is 25.6 Å². The molecule has 0 saturated carbocycles. The highest BCUT2D eigenvalue weighted by Crippen LogP contribution is 2.47. The van der Waals surface area contributed by atoms with Crippen LogP contribution in [-0.4, -0.2) is 45.3 Å². The Kier molecular flexibility index (Phi) is 11.0. The molecule has 0 saturated heterocycles. The van der Waals surface area contributed by atoms with Gasteiger partial charge < -0.3 is 21.3 Å². The Morgan fingerprint density at radius 2 is 0.981 bits per heavy atom. The molecule has 0 bridgehead atoms. The smallest absolute Gasteiger partial charge is 0.193 e. The zero-order valence-electron chi connectivity index (χ0n) is 33.0. The lowest BCUT2D eigenvalue weighted by Gasteiger charge is -2.37. The lowest BCUT2D eigenvalue weighted by atomic mass is 9.67. The van der Waals surface area contributed by atoms with Crippen molar-refractivity contribution in [2.45, 2.75) is 130 Å². The Labute approximate surface area is 311 Å². The fourth-order valence-electron chi connectivity index (χ4n) is 8.91. The van der Waals surface area contributed by atoms with Gasteiger partial charge in [-0.25, -0.2) is 0 Å². The van der Waals surface area contributed by atoms with Crippen LogP contribution in [0.3, 0.4) is 0 Å². The summed E-state index contributed by atoms with van der Waals surface area (Å²) in [6.07, 6.45) is 11.7. The van der Waals surface area contributed by atoms with Crippen LogP contribution in [0.25, 0.3) is 0 Å². The Bertz CT molecular complexity index is 1760. The van der Waals surface area contributed by atoms with Gasteiger partial charge >= 0.3 is 0 Å². The molecule has 4 N–H and O–H groups in total. The highest BCUT2D eigenvalue weighted by Gasteiger charge is 2.63. The Balaban J connectivity index is 1.52. The molecule has 0 aromatic heterocycles. The molecule has 52 heavy (non-hydrogen) atoms. The lowest BCUT2D eigenvalue weighted by molar-refractivity contribution is -0.128. The number of hydrogen-bond acceptors (Lipinski definition) is 8. The zero-order chi connectivity index (χ0) is 38.2. The fourth-order valence-corrected chi connectivity index (χ4v) is 8.91. The largest absolute Gasteiger partial charge is 0.378 e. The van der Waals surface area contributed by atoms with Gasteiger partial charge in [-0.15, -0.1) is 0 Å². The average Bonchev–Trinajstić information content (AvgIpc) is 3.75. The molecule has 0 spiro atoms. The molecule has 0 amide bonds. The van der Waals surface area contributed by atoms with Crippen molar-refractivity contribution in [2.75, 3.05) is 0 Å². The van der Waals surface area contributed by atoms with Gasteiger partial charge in [0.25, 0.3) is 0 Å². The quantitative estimate of drug-likeness (QED) is 0.145. The highest BCUT2D eigenvalue weighted by atomic mass is 16.2. The van der Waals surface area contributed by atoms with Crippen molar-refractivity contribution >= 4 is 23.1 Å². The number of ketones is 4. The first kappa shape index (κ1) is 39.0. The lowest BCUT2D eigenvalue weighted by Crippen LogP contribution is -2.58. The topological polar surface area (TPSA) is 116 Å². The van der Waals surface area contributed by atoms with Gasteiger partial charge in [-0.2, -0.15) is 0 Å². The summed E-state index contributed by atoms with van der Waals surface area (Å²) in [5, 5.41) is 13.7. The maximum Gasteiger partial charge on any atom is 0.193 e. The highest BCUT2D eigenvalue weighted by molar-refractivity contribution is 6.25. The number of benzene rings is 1. The predicted octanol–water partition coefficient (Wildman–Crippen LogP) is 6.95. The van der Waals surface area contributed by atoms with E-state index in [0.29, 0.717) is 60.8 Å². The number of rotatable bonds is 15. The van der Waals surface area contributed by atoms with E-state index in [-0.39, 0.29) is 46.8 Å². The maximum absolute atomic E-state index is 15.2. The molecule has 5 rings (SSSR count). The van der Waals surface area contributed by atoms with E-state index in [1.807, 2.05) is 85.7 Å². The molecule has 4 aliphatic heterocycles. The molecule has 0 radical (unpaired) electrons. The Morgan fingerprint density at radius 3 is 1.44 bits per heavy atom. The van der Waals surface area contributed by atoms with Crippen LogP contribution >= 0.6 is 0 Å². The summed E-state index contributed by atoms with van der Waals surface area (Å²) >= 11 is 0. The molecule has 4 aliphatic rings. The number of carbonyl (C=O) groups is 4. The molecule has 1 aromatic carbocycles. The number of carbonyl (C=O) groups excluding carboxylic acids is 4. The van der Waals surface area contributed by atoms with Crippen LogP contribution in [0.4, 0.5) is 0 Å². The van der Waals surface area contributed by atoms with Gasteiger partial charge in [0.2, 0.25) is 0 Å². The van der Waals surface area contributed by atoms with Gasteiger partial charge in [0.05, 0.1) is 0 Å². The third kappa shape index (κ3) is 6.85. The van der Waals surface area contributed by atoms with Crippen molar-refractivity contribution < 1.29 is 19.2 Å². The van der Waals surface area contributed by atoms with Gasteiger partial charge in [0.1, 0.15) is 22.2 Å². The minimum absolute atomic E-state index is 0.0230. The van der Waals surface area contributed by atoms with Crippen molar-refractivity contribution in [1.29, 1.82) is 0 Å². The van der Waals surface area contributed by atoms with E-state index in [0.717, 1.165) is 11.1 Å². The molecular formula is C44H60N4O4. The number of allylic oxidation sites excluding steroid dienone is 1. The molecular weight excluding hydrogens is 649 g/mol. The molecule has 4 atom stereocenters. The predicted molar refractivity (Wildman–Crippen MR) is 208 cm³/mol. The van der Waals surface area contributed by atoms with E-state index in [1.165, 1.54) is 0 Å². The second-order valence-electron chi connectivity index (χ2n) is 17.6. The third-order valence-corrected chi connectivity index (χ3v) is 10.9. The van der Waals surface area contributed by atoms with Gasteiger partial charge in [0, 0.05) is 53.5 Å². The Morgan fingerprint density at radius 1 is 0.558 bits per heavy atom. The van der Waals surface area contributed by atoms with E-state index in [1.54, 1.807) is 24.8 Å². The number of Topliss-reactive ketones (excluding diaryl/α,β-unsaturated/α-hetero) is 4. The fraction of sp³-hybridized carbons (Fsp3) is 0.545.